The first-order valence-corrected chi connectivity index (χ1v) is 11.0. The Balaban J connectivity index is 1.57. The number of aromatic amines is 1. The van der Waals surface area contributed by atoms with Crippen molar-refractivity contribution < 1.29 is 17.9 Å². The van der Waals surface area contributed by atoms with Crippen LogP contribution in [0.25, 0.3) is 10.9 Å². The number of H-pyrrole nitrogens is 1. The van der Waals surface area contributed by atoms with Crippen molar-refractivity contribution in [1.29, 1.82) is 0 Å². The lowest BCUT2D eigenvalue weighted by atomic mass is 9.87. The third-order valence-corrected chi connectivity index (χ3v) is 6.67. The number of pyridine rings is 1. The predicted molar refractivity (Wildman–Crippen MR) is 114 cm³/mol. The summed E-state index contributed by atoms with van der Waals surface area (Å²) in [5.74, 6) is 0.822. The van der Waals surface area contributed by atoms with Crippen LogP contribution in [0.1, 0.15) is 42.3 Å². The monoisotopic (exact) mass is 449 g/mol. The lowest BCUT2D eigenvalue weighted by Crippen LogP contribution is -2.38. The minimum absolute atomic E-state index is 0.0750. The molecule has 0 radical (unpaired) electrons. The first-order chi connectivity index (χ1) is 14.9. The Kier molecular flexibility index (Phi) is 5.34. The molecule has 0 spiro atoms. The van der Waals surface area contributed by atoms with E-state index in [1.807, 2.05) is 23.1 Å². The van der Waals surface area contributed by atoms with Crippen LogP contribution in [0.4, 0.5) is 19.0 Å². The molecule has 0 amide bonds. The molecular formula is C23H23ClF3N3O. The average molecular weight is 450 g/mol. The molecule has 2 aromatic heterocycles. The minimum Gasteiger partial charge on any atom is -0.381 e. The first kappa shape index (κ1) is 20.6. The van der Waals surface area contributed by atoms with Gasteiger partial charge < -0.3 is 14.6 Å². The van der Waals surface area contributed by atoms with Crippen LogP contribution >= 0.6 is 11.6 Å². The van der Waals surface area contributed by atoms with E-state index in [0.29, 0.717) is 23.3 Å². The number of alkyl halides is 3. The number of nitrogens with zero attached hydrogens (tertiary/aromatic N) is 2. The Morgan fingerprint density at radius 2 is 1.97 bits per heavy atom. The zero-order valence-corrected chi connectivity index (χ0v) is 17.6. The number of aromatic nitrogens is 2. The van der Waals surface area contributed by atoms with Gasteiger partial charge in [-0.3, -0.25) is 0 Å². The van der Waals surface area contributed by atoms with Gasteiger partial charge >= 0.3 is 6.18 Å². The fraction of sp³-hybridized carbons (Fsp3) is 0.435. The zero-order chi connectivity index (χ0) is 21.6. The van der Waals surface area contributed by atoms with Crippen LogP contribution in [0.2, 0.25) is 5.02 Å². The summed E-state index contributed by atoms with van der Waals surface area (Å²) in [6.45, 7) is 2.07. The van der Waals surface area contributed by atoms with Gasteiger partial charge in [0, 0.05) is 41.4 Å². The third kappa shape index (κ3) is 4.01. The van der Waals surface area contributed by atoms with Gasteiger partial charge in [0.15, 0.2) is 0 Å². The smallest absolute Gasteiger partial charge is 0.381 e. The molecule has 0 bridgehead atoms. The van der Waals surface area contributed by atoms with Crippen molar-refractivity contribution in [3.8, 4) is 0 Å². The highest BCUT2D eigenvalue weighted by molar-refractivity contribution is 6.31. The molecule has 2 aliphatic heterocycles. The largest absolute Gasteiger partial charge is 0.433 e. The quantitative estimate of drug-likeness (QED) is 0.521. The second-order valence-electron chi connectivity index (χ2n) is 8.34. The van der Waals surface area contributed by atoms with Crippen molar-refractivity contribution in [1.82, 2.24) is 9.97 Å². The lowest BCUT2D eigenvalue weighted by molar-refractivity contribution is -0.141. The van der Waals surface area contributed by atoms with E-state index < -0.39 is 11.9 Å². The molecule has 2 aliphatic rings. The molecule has 31 heavy (non-hydrogen) atoms. The molecule has 4 heterocycles. The summed E-state index contributed by atoms with van der Waals surface area (Å²) in [5.41, 5.74) is 2.42. The molecule has 4 nitrogen and oxygen atoms in total. The highest BCUT2D eigenvalue weighted by Crippen LogP contribution is 2.42. The predicted octanol–water partition coefficient (Wildman–Crippen LogP) is 6.16. The summed E-state index contributed by atoms with van der Waals surface area (Å²) in [6, 6.07) is 9.86. The Bertz CT molecular complexity index is 1090. The summed E-state index contributed by atoms with van der Waals surface area (Å²) in [7, 11) is 0. The van der Waals surface area contributed by atoms with Crippen LogP contribution in [0.3, 0.4) is 0 Å². The second-order valence-corrected chi connectivity index (χ2v) is 8.77. The van der Waals surface area contributed by atoms with Gasteiger partial charge in [-0.15, -0.1) is 0 Å². The summed E-state index contributed by atoms with van der Waals surface area (Å²) in [5, 5.41) is 1.77. The molecule has 1 saturated heterocycles. The van der Waals surface area contributed by atoms with Gasteiger partial charge in [0.25, 0.3) is 0 Å². The Morgan fingerprint density at radius 1 is 1.16 bits per heavy atom. The Labute approximate surface area is 183 Å². The van der Waals surface area contributed by atoms with E-state index in [-0.39, 0.29) is 6.04 Å². The van der Waals surface area contributed by atoms with E-state index in [4.69, 9.17) is 16.3 Å². The molecule has 164 valence electrons. The molecule has 1 N–H and O–H groups in total. The summed E-state index contributed by atoms with van der Waals surface area (Å²) in [6.07, 6.45) is -0.985. The molecular weight excluding hydrogens is 427 g/mol. The standard InChI is InChI=1S/C23H23ClF3N3O/c24-15-4-5-18-17(13-15)16-6-9-30(21-3-1-2-20(29-21)23(25,26)27)19(22(16)28-18)12-14-7-10-31-11-8-14/h1-5,13-14,19,28H,6-12H2/t19-/m0/s1. The maximum Gasteiger partial charge on any atom is 0.433 e. The molecule has 1 atom stereocenters. The number of ether oxygens (including phenoxy) is 1. The Hall–Kier alpha value is -2.25. The van der Waals surface area contributed by atoms with Gasteiger partial charge in [-0.2, -0.15) is 13.2 Å². The molecule has 1 aromatic carbocycles. The molecule has 1 fully saturated rings. The second kappa shape index (κ2) is 8.02. The topological polar surface area (TPSA) is 41.2 Å². The number of benzene rings is 1. The van der Waals surface area contributed by atoms with E-state index in [1.165, 1.54) is 11.6 Å². The summed E-state index contributed by atoms with van der Waals surface area (Å²) < 4.78 is 45.4. The van der Waals surface area contributed by atoms with Crippen molar-refractivity contribution in [2.75, 3.05) is 24.7 Å². The third-order valence-electron chi connectivity index (χ3n) is 6.43. The highest BCUT2D eigenvalue weighted by atomic mass is 35.5. The number of fused-ring (bicyclic) bond motifs is 3. The fourth-order valence-corrected chi connectivity index (χ4v) is 5.07. The minimum atomic E-state index is -4.47. The van der Waals surface area contributed by atoms with Crippen molar-refractivity contribution in [3.63, 3.8) is 0 Å². The number of halogens is 4. The zero-order valence-electron chi connectivity index (χ0n) is 16.9. The van der Waals surface area contributed by atoms with Crippen LogP contribution in [0, 0.1) is 5.92 Å². The number of hydrogen-bond donors (Lipinski definition) is 1. The normalized spacial score (nSPS) is 20.3. The van der Waals surface area contributed by atoms with Crippen LogP contribution < -0.4 is 4.90 Å². The fourth-order valence-electron chi connectivity index (χ4n) is 4.90. The number of hydrogen-bond acceptors (Lipinski definition) is 3. The maximum atomic E-state index is 13.3. The van der Waals surface area contributed by atoms with Crippen LogP contribution in [0.5, 0.6) is 0 Å². The van der Waals surface area contributed by atoms with Gasteiger partial charge in [0.2, 0.25) is 0 Å². The van der Waals surface area contributed by atoms with Gasteiger partial charge in [0.05, 0.1) is 6.04 Å². The van der Waals surface area contributed by atoms with Crippen LogP contribution in [-0.2, 0) is 17.3 Å². The van der Waals surface area contributed by atoms with Crippen molar-refractivity contribution >= 4 is 28.3 Å². The Morgan fingerprint density at radius 3 is 2.74 bits per heavy atom. The van der Waals surface area contributed by atoms with E-state index in [2.05, 4.69) is 9.97 Å². The van der Waals surface area contributed by atoms with E-state index in [9.17, 15) is 13.2 Å². The SMILES string of the molecule is FC(F)(F)c1cccc(N2CCc3c([nH]c4ccc(Cl)cc34)[C@@H]2CC2CCOCC2)n1. The molecule has 0 saturated carbocycles. The maximum absolute atomic E-state index is 13.3. The average Bonchev–Trinajstić information content (AvgIpc) is 3.12. The van der Waals surface area contributed by atoms with Gasteiger partial charge in [0.1, 0.15) is 11.5 Å². The number of rotatable bonds is 3. The molecule has 8 heteroatoms. The lowest BCUT2D eigenvalue weighted by Gasteiger charge is -2.39. The van der Waals surface area contributed by atoms with Crippen molar-refractivity contribution in [2.24, 2.45) is 5.92 Å². The molecule has 5 rings (SSSR count). The van der Waals surface area contributed by atoms with Gasteiger partial charge in [-0.1, -0.05) is 17.7 Å². The first-order valence-electron chi connectivity index (χ1n) is 10.6. The highest BCUT2D eigenvalue weighted by Gasteiger charge is 2.36. The summed E-state index contributed by atoms with van der Waals surface area (Å²) in [4.78, 5) is 9.57. The van der Waals surface area contributed by atoms with Crippen LogP contribution in [0.15, 0.2) is 36.4 Å². The molecule has 0 aliphatic carbocycles. The van der Waals surface area contributed by atoms with Crippen LogP contribution in [-0.4, -0.2) is 29.7 Å². The van der Waals surface area contributed by atoms with Gasteiger partial charge in [-0.25, -0.2) is 4.98 Å². The van der Waals surface area contributed by atoms with E-state index in [0.717, 1.165) is 61.6 Å². The number of nitrogens with one attached hydrogen (secondary N) is 1. The van der Waals surface area contributed by atoms with Crippen molar-refractivity contribution in [3.05, 3.63) is 58.4 Å². The van der Waals surface area contributed by atoms with Crippen molar-refractivity contribution in [2.45, 2.75) is 37.9 Å². The number of anilines is 1. The molecule has 0 unspecified atom stereocenters. The summed E-state index contributed by atoms with van der Waals surface area (Å²) >= 11 is 6.24. The van der Waals surface area contributed by atoms with E-state index in [1.54, 1.807) is 6.07 Å². The molecule has 3 aromatic rings. The van der Waals surface area contributed by atoms with Gasteiger partial charge in [-0.05, 0) is 67.5 Å². The van der Waals surface area contributed by atoms with E-state index >= 15 is 0 Å².